The van der Waals surface area contributed by atoms with Gasteiger partial charge in [0.2, 0.25) is 0 Å². The summed E-state index contributed by atoms with van der Waals surface area (Å²) in [6.07, 6.45) is 0. The minimum atomic E-state index is -0.887. The number of fused-ring (bicyclic) bond motifs is 1. The molecule has 0 aromatic heterocycles. The Morgan fingerprint density at radius 1 is 1.14 bits per heavy atom. The number of carbonyl (C=O) groups is 2. The Hall–Kier alpha value is -2.08. The van der Waals surface area contributed by atoms with Crippen LogP contribution in [0.3, 0.4) is 0 Å². The molecule has 0 aliphatic carbocycles. The monoisotopic (exact) mass is 290 g/mol. The molecule has 2 aliphatic heterocycles. The summed E-state index contributed by atoms with van der Waals surface area (Å²) in [5, 5.41) is 9.42. The first kappa shape index (κ1) is 13.9. The summed E-state index contributed by atoms with van der Waals surface area (Å²) < 4.78 is 5.25. The van der Waals surface area contributed by atoms with Crippen molar-refractivity contribution < 1.29 is 19.4 Å². The quantitative estimate of drug-likeness (QED) is 0.841. The van der Waals surface area contributed by atoms with Gasteiger partial charge in [0, 0.05) is 26.2 Å². The molecule has 1 N–H and O–H groups in total. The topological polar surface area (TPSA) is 70.1 Å². The lowest BCUT2D eigenvalue weighted by atomic mass is 9.90. The van der Waals surface area contributed by atoms with E-state index < -0.39 is 11.9 Å². The van der Waals surface area contributed by atoms with E-state index in [1.807, 2.05) is 24.3 Å². The van der Waals surface area contributed by atoms with Crippen LogP contribution in [0, 0.1) is 0 Å². The molecule has 1 unspecified atom stereocenters. The van der Waals surface area contributed by atoms with Crippen LogP contribution in [0.15, 0.2) is 24.3 Å². The minimum absolute atomic E-state index is 0.0981. The molecule has 3 rings (SSSR count). The van der Waals surface area contributed by atoms with Crippen LogP contribution in [0.1, 0.15) is 17.0 Å². The number of morpholine rings is 1. The fourth-order valence-corrected chi connectivity index (χ4v) is 2.92. The Morgan fingerprint density at radius 2 is 1.86 bits per heavy atom. The van der Waals surface area contributed by atoms with E-state index in [0.717, 1.165) is 11.1 Å². The van der Waals surface area contributed by atoms with E-state index in [1.165, 1.54) is 0 Å². The molecule has 2 amide bonds. The summed E-state index contributed by atoms with van der Waals surface area (Å²) in [5.74, 6) is -1.54. The van der Waals surface area contributed by atoms with Crippen LogP contribution in [-0.4, -0.2) is 59.8 Å². The maximum atomic E-state index is 12.5. The molecule has 1 aromatic carbocycles. The fourth-order valence-electron chi connectivity index (χ4n) is 2.92. The van der Waals surface area contributed by atoms with Crippen molar-refractivity contribution in [3.05, 3.63) is 35.4 Å². The number of hydrogen-bond donors (Lipinski definition) is 1. The Labute approximate surface area is 122 Å². The summed E-state index contributed by atoms with van der Waals surface area (Å²) in [6, 6.07) is 7.35. The number of ether oxygens (including phenoxy) is 1. The molecule has 112 valence electrons. The zero-order chi connectivity index (χ0) is 14.8. The highest BCUT2D eigenvalue weighted by Crippen LogP contribution is 2.29. The van der Waals surface area contributed by atoms with Crippen LogP contribution < -0.4 is 0 Å². The van der Waals surface area contributed by atoms with Gasteiger partial charge in [0.05, 0.1) is 19.1 Å². The van der Waals surface area contributed by atoms with Gasteiger partial charge in [-0.15, -0.1) is 0 Å². The van der Waals surface area contributed by atoms with Crippen LogP contribution in [0.5, 0.6) is 0 Å². The van der Waals surface area contributed by atoms with Gasteiger partial charge < -0.3 is 19.6 Å². The number of nitrogens with zero attached hydrogens (tertiary/aromatic N) is 2. The number of rotatable bonds is 1. The first-order valence-corrected chi connectivity index (χ1v) is 7.09. The van der Waals surface area contributed by atoms with Gasteiger partial charge >= 0.3 is 12.0 Å². The van der Waals surface area contributed by atoms with E-state index in [-0.39, 0.29) is 12.6 Å². The molecular formula is C15H18N2O4. The summed E-state index contributed by atoms with van der Waals surface area (Å²) in [6.45, 7) is 2.90. The summed E-state index contributed by atoms with van der Waals surface area (Å²) in [4.78, 5) is 27.4. The molecule has 2 heterocycles. The Balaban J connectivity index is 1.82. The third kappa shape index (κ3) is 2.71. The van der Waals surface area contributed by atoms with Crippen LogP contribution in [0.25, 0.3) is 0 Å². The zero-order valence-corrected chi connectivity index (χ0v) is 11.7. The third-order valence-electron chi connectivity index (χ3n) is 4.04. The highest BCUT2D eigenvalue weighted by molar-refractivity contribution is 5.81. The number of urea groups is 1. The van der Waals surface area contributed by atoms with Crippen LogP contribution in [0.2, 0.25) is 0 Å². The molecule has 2 aliphatic rings. The predicted molar refractivity (Wildman–Crippen MR) is 75.0 cm³/mol. The van der Waals surface area contributed by atoms with Crippen molar-refractivity contribution in [3.8, 4) is 0 Å². The summed E-state index contributed by atoms with van der Waals surface area (Å²) in [5.41, 5.74) is 1.73. The van der Waals surface area contributed by atoms with E-state index in [4.69, 9.17) is 4.74 Å². The van der Waals surface area contributed by atoms with Gasteiger partial charge in [0.25, 0.3) is 0 Å². The fraction of sp³-hybridized carbons (Fsp3) is 0.467. The van der Waals surface area contributed by atoms with E-state index in [0.29, 0.717) is 32.8 Å². The van der Waals surface area contributed by atoms with Crippen molar-refractivity contribution in [2.75, 3.05) is 32.8 Å². The highest BCUT2D eigenvalue weighted by atomic mass is 16.5. The number of benzene rings is 1. The van der Waals surface area contributed by atoms with Gasteiger partial charge in [-0.1, -0.05) is 24.3 Å². The number of carboxylic acid groups (broad SMARTS) is 1. The second kappa shape index (κ2) is 5.73. The molecule has 21 heavy (non-hydrogen) atoms. The maximum absolute atomic E-state index is 12.5. The van der Waals surface area contributed by atoms with Crippen LogP contribution in [0.4, 0.5) is 4.79 Å². The second-order valence-electron chi connectivity index (χ2n) is 5.35. The van der Waals surface area contributed by atoms with Crippen LogP contribution in [-0.2, 0) is 16.1 Å². The van der Waals surface area contributed by atoms with Crippen molar-refractivity contribution in [2.45, 2.75) is 12.5 Å². The number of hydrogen-bond acceptors (Lipinski definition) is 3. The molecule has 6 heteroatoms. The molecule has 1 fully saturated rings. The normalized spacial score (nSPS) is 21.8. The lowest BCUT2D eigenvalue weighted by Gasteiger charge is -2.37. The van der Waals surface area contributed by atoms with Crippen molar-refractivity contribution >= 4 is 12.0 Å². The van der Waals surface area contributed by atoms with Gasteiger partial charge in [-0.05, 0) is 11.1 Å². The summed E-state index contributed by atoms with van der Waals surface area (Å²) in [7, 11) is 0. The summed E-state index contributed by atoms with van der Waals surface area (Å²) >= 11 is 0. The molecule has 0 bridgehead atoms. The van der Waals surface area contributed by atoms with Crippen molar-refractivity contribution in [1.82, 2.24) is 9.80 Å². The average Bonchev–Trinajstić information content (AvgIpc) is 2.53. The maximum Gasteiger partial charge on any atom is 0.320 e. The molecule has 0 spiro atoms. The number of carboxylic acids is 1. The predicted octanol–water partition coefficient (Wildman–Crippen LogP) is 1.12. The lowest BCUT2D eigenvalue weighted by molar-refractivity contribution is -0.139. The average molecular weight is 290 g/mol. The molecule has 0 radical (unpaired) electrons. The smallest absolute Gasteiger partial charge is 0.320 e. The van der Waals surface area contributed by atoms with Gasteiger partial charge in [-0.2, -0.15) is 0 Å². The van der Waals surface area contributed by atoms with Crippen molar-refractivity contribution in [3.63, 3.8) is 0 Å². The Bertz CT molecular complexity index is 554. The van der Waals surface area contributed by atoms with Crippen LogP contribution >= 0.6 is 0 Å². The van der Waals surface area contributed by atoms with Gasteiger partial charge in [-0.3, -0.25) is 4.79 Å². The third-order valence-corrected chi connectivity index (χ3v) is 4.04. The molecule has 0 saturated carbocycles. The number of amides is 2. The first-order valence-electron chi connectivity index (χ1n) is 7.09. The van der Waals surface area contributed by atoms with E-state index in [1.54, 1.807) is 9.80 Å². The largest absolute Gasteiger partial charge is 0.481 e. The molecule has 1 atom stereocenters. The number of aliphatic carboxylic acids is 1. The zero-order valence-electron chi connectivity index (χ0n) is 11.7. The minimum Gasteiger partial charge on any atom is -0.481 e. The molecule has 1 saturated heterocycles. The highest BCUT2D eigenvalue weighted by Gasteiger charge is 2.34. The van der Waals surface area contributed by atoms with E-state index in [9.17, 15) is 14.7 Å². The lowest BCUT2D eigenvalue weighted by Crippen LogP contribution is -2.50. The SMILES string of the molecule is O=C(O)C1CN(C(=O)N2CCOCC2)Cc2ccccc21. The van der Waals surface area contributed by atoms with Crippen molar-refractivity contribution in [1.29, 1.82) is 0 Å². The first-order chi connectivity index (χ1) is 10.2. The Morgan fingerprint density at radius 3 is 2.57 bits per heavy atom. The standard InChI is InChI=1S/C15H18N2O4/c18-14(19)13-10-17(9-11-3-1-2-4-12(11)13)15(20)16-5-7-21-8-6-16/h1-4,13H,5-10H2,(H,18,19). The molecule has 1 aromatic rings. The Kier molecular flexibility index (Phi) is 3.79. The molecule has 6 nitrogen and oxygen atoms in total. The van der Waals surface area contributed by atoms with Gasteiger partial charge in [0.1, 0.15) is 0 Å². The van der Waals surface area contributed by atoms with Crippen molar-refractivity contribution in [2.24, 2.45) is 0 Å². The van der Waals surface area contributed by atoms with Gasteiger partial charge in [-0.25, -0.2) is 4.79 Å². The van der Waals surface area contributed by atoms with Gasteiger partial charge in [0.15, 0.2) is 0 Å². The number of carbonyl (C=O) groups excluding carboxylic acids is 1. The molecular weight excluding hydrogens is 272 g/mol. The van der Waals surface area contributed by atoms with E-state index in [2.05, 4.69) is 0 Å². The second-order valence-corrected chi connectivity index (χ2v) is 5.35. The van der Waals surface area contributed by atoms with E-state index >= 15 is 0 Å².